The third-order valence-electron chi connectivity index (χ3n) is 4.87. The minimum atomic E-state index is -0.0297. The van der Waals surface area contributed by atoms with Crippen LogP contribution in [0.4, 0.5) is 5.69 Å². The van der Waals surface area contributed by atoms with Crippen LogP contribution < -0.4 is 10.5 Å². The summed E-state index contributed by atoms with van der Waals surface area (Å²) in [6.45, 7) is 8.82. The van der Waals surface area contributed by atoms with Crippen LogP contribution in [0.2, 0.25) is 0 Å². The van der Waals surface area contributed by atoms with Crippen LogP contribution in [0.25, 0.3) is 10.9 Å². The summed E-state index contributed by atoms with van der Waals surface area (Å²) in [6.07, 6.45) is 0. The summed E-state index contributed by atoms with van der Waals surface area (Å²) in [5, 5.41) is 1.15. The smallest absolute Gasteiger partial charge is 0.248 e. The molecule has 19 heavy (non-hydrogen) atoms. The second-order valence-electron chi connectivity index (χ2n) is 6.24. The lowest BCUT2D eigenvalue weighted by molar-refractivity contribution is 0.454. The quantitative estimate of drug-likeness (QED) is 0.786. The number of nitrogens with one attached hydrogen (secondary N) is 1. The Kier molecular flexibility index (Phi) is 2.34. The first-order chi connectivity index (χ1) is 8.82. The van der Waals surface area contributed by atoms with E-state index in [0.29, 0.717) is 6.04 Å². The second kappa shape index (κ2) is 3.62. The number of likely N-dealkylation sites (N-methyl/N-ethyl adjacent to an activating group) is 1. The van der Waals surface area contributed by atoms with Gasteiger partial charge in [0, 0.05) is 35.6 Å². The normalized spacial score (nSPS) is 20.9. The van der Waals surface area contributed by atoms with Gasteiger partial charge in [-0.2, -0.15) is 0 Å². The number of aromatic amines is 1. The zero-order valence-electron chi connectivity index (χ0n) is 12.2. The molecule has 0 fully saturated rings. The molecule has 0 unspecified atom stereocenters. The van der Waals surface area contributed by atoms with E-state index in [1.807, 2.05) is 6.92 Å². The monoisotopic (exact) mass is 256 g/mol. The van der Waals surface area contributed by atoms with Crippen molar-refractivity contribution in [1.29, 1.82) is 0 Å². The van der Waals surface area contributed by atoms with Gasteiger partial charge < -0.3 is 9.88 Å². The van der Waals surface area contributed by atoms with Gasteiger partial charge in [0.15, 0.2) is 0 Å². The first-order valence-corrected chi connectivity index (χ1v) is 6.73. The number of fused-ring (bicyclic) bond motifs is 2. The number of benzene rings is 1. The van der Waals surface area contributed by atoms with Crippen LogP contribution >= 0.6 is 0 Å². The molecule has 0 aliphatic carbocycles. The number of aromatic nitrogens is 1. The lowest BCUT2D eigenvalue weighted by Crippen LogP contribution is -2.36. The van der Waals surface area contributed by atoms with Crippen LogP contribution in [0.15, 0.2) is 23.0 Å². The van der Waals surface area contributed by atoms with Crippen molar-refractivity contribution in [3.8, 4) is 0 Å². The van der Waals surface area contributed by atoms with E-state index < -0.39 is 0 Å². The van der Waals surface area contributed by atoms with Gasteiger partial charge in [-0.1, -0.05) is 13.8 Å². The molecule has 2 heterocycles. The summed E-state index contributed by atoms with van der Waals surface area (Å²) in [6, 6.07) is 6.48. The minimum absolute atomic E-state index is 0.0297. The molecule has 1 aromatic heterocycles. The predicted molar refractivity (Wildman–Crippen MR) is 80.2 cm³/mol. The average molecular weight is 256 g/mol. The highest BCUT2D eigenvalue weighted by Crippen LogP contribution is 2.45. The number of nitrogens with zero attached hydrogens (tertiary/aromatic N) is 1. The molecule has 3 nitrogen and oxygen atoms in total. The molecular weight excluding hydrogens is 236 g/mol. The summed E-state index contributed by atoms with van der Waals surface area (Å²) < 4.78 is 0. The molecule has 2 aromatic rings. The number of H-pyrrole nitrogens is 1. The maximum absolute atomic E-state index is 11.6. The summed E-state index contributed by atoms with van der Waals surface area (Å²) >= 11 is 0. The van der Waals surface area contributed by atoms with E-state index in [0.717, 1.165) is 16.5 Å². The molecule has 0 amide bonds. The van der Waals surface area contributed by atoms with E-state index in [4.69, 9.17) is 0 Å². The van der Waals surface area contributed by atoms with Gasteiger partial charge in [0.1, 0.15) is 0 Å². The van der Waals surface area contributed by atoms with E-state index in [-0.39, 0.29) is 11.0 Å². The van der Waals surface area contributed by atoms with E-state index in [9.17, 15) is 4.79 Å². The number of aryl methyl sites for hydroxylation is 1. The first-order valence-electron chi connectivity index (χ1n) is 6.73. The van der Waals surface area contributed by atoms with E-state index in [1.165, 1.54) is 11.3 Å². The van der Waals surface area contributed by atoms with Crippen molar-refractivity contribution in [1.82, 2.24) is 4.98 Å². The highest BCUT2D eigenvalue weighted by molar-refractivity contribution is 5.88. The number of hydrogen-bond donors (Lipinski definition) is 1. The van der Waals surface area contributed by atoms with Crippen LogP contribution in [-0.4, -0.2) is 18.1 Å². The average Bonchev–Trinajstić information content (AvgIpc) is 2.49. The zero-order chi connectivity index (χ0) is 13.9. The predicted octanol–water partition coefficient (Wildman–Crippen LogP) is 2.95. The molecule has 1 aliphatic heterocycles. The van der Waals surface area contributed by atoms with Crippen LogP contribution in [0.3, 0.4) is 0 Å². The Bertz CT molecular complexity index is 727. The molecule has 1 N–H and O–H groups in total. The fourth-order valence-corrected chi connectivity index (χ4v) is 3.19. The Hall–Kier alpha value is -1.77. The Labute approximate surface area is 113 Å². The number of rotatable bonds is 0. The fourth-order valence-electron chi connectivity index (χ4n) is 3.19. The van der Waals surface area contributed by atoms with Gasteiger partial charge >= 0.3 is 0 Å². The second-order valence-corrected chi connectivity index (χ2v) is 6.24. The van der Waals surface area contributed by atoms with E-state index in [2.05, 4.69) is 49.8 Å². The highest BCUT2D eigenvalue weighted by atomic mass is 16.1. The molecule has 100 valence electrons. The molecule has 0 spiro atoms. The summed E-state index contributed by atoms with van der Waals surface area (Å²) in [5.41, 5.74) is 4.66. The SMILES string of the molecule is Cc1cc(=O)[nH]c2cc3c(cc12)C(C)(C)[C@H](C)N3C. The molecule has 0 bridgehead atoms. The Balaban J connectivity index is 2.40. The summed E-state index contributed by atoms with van der Waals surface area (Å²) in [5.74, 6) is 0. The standard InChI is InChI=1S/C16H20N2O/c1-9-6-15(19)17-13-8-14-12(7-11(9)13)16(3,4)10(2)18(14)5/h6-8,10H,1-5H3,(H,17,19)/t10-/m0/s1. The molecular formula is C16H20N2O. The Morgan fingerprint density at radius 2 is 1.95 bits per heavy atom. The van der Waals surface area contributed by atoms with Crippen molar-refractivity contribution >= 4 is 16.6 Å². The van der Waals surface area contributed by atoms with Gasteiger partial charge in [0.2, 0.25) is 5.56 Å². The van der Waals surface area contributed by atoms with Gasteiger partial charge in [0.05, 0.1) is 5.52 Å². The largest absolute Gasteiger partial charge is 0.371 e. The summed E-state index contributed by atoms with van der Waals surface area (Å²) in [7, 11) is 2.12. The molecule has 3 heteroatoms. The highest BCUT2D eigenvalue weighted by Gasteiger charge is 2.40. The van der Waals surface area contributed by atoms with Crippen molar-refractivity contribution in [3.05, 3.63) is 39.7 Å². The van der Waals surface area contributed by atoms with Crippen molar-refractivity contribution in [2.24, 2.45) is 0 Å². The molecule has 1 aromatic carbocycles. The Morgan fingerprint density at radius 1 is 1.26 bits per heavy atom. The van der Waals surface area contributed by atoms with Gasteiger partial charge in [-0.3, -0.25) is 4.79 Å². The lowest BCUT2D eigenvalue weighted by atomic mass is 9.81. The topological polar surface area (TPSA) is 36.1 Å². The van der Waals surface area contributed by atoms with Gasteiger partial charge in [-0.25, -0.2) is 0 Å². The lowest BCUT2D eigenvalue weighted by Gasteiger charge is -2.28. The third kappa shape index (κ3) is 1.54. The fraction of sp³-hybridized carbons (Fsp3) is 0.438. The van der Waals surface area contributed by atoms with Crippen LogP contribution in [-0.2, 0) is 5.41 Å². The van der Waals surface area contributed by atoms with E-state index in [1.54, 1.807) is 6.07 Å². The van der Waals surface area contributed by atoms with Gasteiger partial charge in [-0.15, -0.1) is 0 Å². The summed E-state index contributed by atoms with van der Waals surface area (Å²) in [4.78, 5) is 16.9. The van der Waals surface area contributed by atoms with E-state index >= 15 is 0 Å². The van der Waals surface area contributed by atoms with Crippen molar-refractivity contribution in [2.45, 2.75) is 39.2 Å². The molecule has 0 radical (unpaired) electrons. The maximum atomic E-state index is 11.6. The minimum Gasteiger partial charge on any atom is -0.371 e. The molecule has 3 rings (SSSR count). The number of anilines is 1. The molecule has 0 saturated carbocycles. The van der Waals surface area contributed by atoms with Crippen molar-refractivity contribution < 1.29 is 0 Å². The van der Waals surface area contributed by atoms with Crippen LogP contribution in [0.1, 0.15) is 31.9 Å². The molecule has 1 aliphatic rings. The van der Waals surface area contributed by atoms with Crippen molar-refractivity contribution in [2.75, 3.05) is 11.9 Å². The van der Waals surface area contributed by atoms with Gasteiger partial charge in [-0.05, 0) is 37.1 Å². The van der Waals surface area contributed by atoms with Gasteiger partial charge in [0.25, 0.3) is 0 Å². The van der Waals surface area contributed by atoms with Crippen LogP contribution in [0.5, 0.6) is 0 Å². The molecule has 0 saturated heterocycles. The third-order valence-corrected chi connectivity index (χ3v) is 4.87. The first kappa shape index (κ1) is 12.3. The Morgan fingerprint density at radius 3 is 2.63 bits per heavy atom. The number of hydrogen-bond acceptors (Lipinski definition) is 2. The van der Waals surface area contributed by atoms with Crippen LogP contribution in [0, 0.1) is 6.92 Å². The molecule has 1 atom stereocenters. The zero-order valence-corrected chi connectivity index (χ0v) is 12.2. The van der Waals surface area contributed by atoms with Crippen molar-refractivity contribution in [3.63, 3.8) is 0 Å². The maximum Gasteiger partial charge on any atom is 0.248 e. The number of pyridine rings is 1.